The summed E-state index contributed by atoms with van der Waals surface area (Å²) in [4.78, 5) is 10.4. The third kappa shape index (κ3) is 4.13. The summed E-state index contributed by atoms with van der Waals surface area (Å²) in [7, 11) is 1.65. The zero-order valence-corrected chi connectivity index (χ0v) is 10.4. The van der Waals surface area contributed by atoms with Crippen LogP contribution in [0.2, 0.25) is 0 Å². The van der Waals surface area contributed by atoms with Gasteiger partial charge in [0.2, 0.25) is 0 Å². The minimum atomic E-state index is -0.363. The van der Waals surface area contributed by atoms with Crippen LogP contribution < -0.4 is 5.32 Å². The summed E-state index contributed by atoms with van der Waals surface area (Å²) < 4.78 is 5.26. The molecule has 0 spiro atoms. The van der Waals surface area contributed by atoms with Crippen LogP contribution in [0.3, 0.4) is 0 Å². The third-order valence-corrected chi connectivity index (χ3v) is 2.61. The van der Waals surface area contributed by atoms with Crippen molar-refractivity contribution in [3.8, 4) is 0 Å². The predicted octanol–water partition coefficient (Wildman–Crippen LogP) is 2.11. The van der Waals surface area contributed by atoms with Crippen molar-refractivity contribution >= 4 is 5.69 Å². The van der Waals surface area contributed by atoms with E-state index in [1.165, 1.54) is 6.07 Å². The SMILES string of the molecule is COC(C)(C)CNCc1ccccc1[N+](=O)[O-]. The number of methoxy groups -OCH3 is 1. The molecule has 1 aromatic rings. The molecule has 0 aliphatic carbocycles. The Kier molecular flexibility index (Phi) is 4.60. The van der Waals surface area contributed by atoms with Crippen LogP contribution in [0.25, 0.3) is 0 Å². The lowest BCUT2D eigenvalue weighted by Crippen LogP contribution is -2.36. The van der Waals surface area contributed by atoms with Crippen molar-refractivity contribution in [1.82, 2.24) is 5.32 Å². The fourth-order valence-electron chi connectivity index (χ4n) is 1.41. The molecule has 0 unspecified atom stereocenters. The van der Waals surface area contributed by atoms with Gasteiger partial charge in [-0.05, 0) is 13.8 Å². The Hall–Kier alpha value is -1.46. The van der Waals surface area contributed by atoms with Gasteiger partial charge in [0, 0.05) is 31.8 Å². The number of nitrogens with zero attached hydrogens (tertiary/aromatic N) is 1. The second-order valence-corrected chi connectivity index (χ2v) is 4.45. The largest absolute Gasteiger partial charge is 0.377 e. The van der Waals surface area contributed by atoms with Crippen molar-refractivity contribution in [3.05, 3.63) is 39.9 Å². The number of nitrogens with one attached hydrogen (secondary N) is 1. The van der Waals surface area contributed by atoms with Gasteiger partial charge in [-0.15, -0.1) is 0 Å². The van der Waals surface area contributed by atoms with Gasteiger partial charge in [-0.25, -0.2) is 0 Å². The summed E-state index contributed by atoms with van der Waals surface area (Å²) >= 11 is 0. The quantitative estimate of drug-likeness (QED) is 0.609. The smallest absolute Gasteiger partial charge is 0.273 e. The first-order chi connectivity index (χ1) is 7.96. The molecule has 1 N–H and O–H groups in total. The Labute approximate surface area is 101 Å². The Bertz CT molecular complexity index is 391. The number of hydrogen-bond donors (Lipinski definition) is 1. The number of benzene rings is 1. The third-order valence-electron chi connectivity index (χ3n) is 2.61. The van der Waals surface area contributed by atoms with Crippen molar-refractivity contribution in [2.45, 2.75) is 26.0 Å². The van der Waals surface area contributed by atoms with E-state index in [1.54, 1.807) is 25.3 Å². The van der Waals surface area contributed by atoms with Crippen molar-refractivity contribution < 1.29 is 9.66 Å². The van der Waals surface area contributed by atoms with Gasteiger partial charge in [0.15, 0.2) is 0 Å². The monoisotopic (exact) mass is 238 g/mol. The molecule has 0 radical (unpaired) electrons. The molecule has 5 heteroatoms. The van der Waals surface area contributed by atoms with E-state index in [0.717, 1.165) is 0 Å². The van der Waals surface area contributed by atoms with Crippen LogP contribution in [0, 0.1) is 10.1 Å². The van der Waals surface area contributed by atoms with E-state index in [2.05, 4.69) is 5.32 Å². The summed E-state index contributed by atoms with van der Waals surface area (Å²) in [6.07, 6.45) is 0. The molecular formula is C12H18N2O3. The number of rotatable bonds is 6. The lowest BCUT2D eigenvalue weighted by molar-refractivity contribution is -0.385. The standard InChI is InChI=1S/C12H18N2O3/c1-12(2,17-3)9-13-8-10-6-4-5-7-11(10)14(15)16/h4-7,13H,8-9H2,1-3H3. The van der Waals surface area contributed by atoms with Crippen LogP contribution in [0.4, 0.5) is 5.69 Å². The number of ether oxygens (including phenoxy) is 1. The van der Waals surface area contributed by atoms with Crippen LogP contribution >= 0.6 is 0 Å². The molecule has 94 valence electrons. The molecule has 17 heavy (non-hydrogen) atoms. The average Bonchev–Trinajstić information content (AvgIpc) is 2.29. The molecule has 0 fully saturated rings. The fraction of sp³-hybridized carbons (Fsp3) is 0.500. The highest BCUT2D eigenvalue weighted by molar-refractivity contribution is 5.39. The molecule has 0 heterocycles. The maximum Gasteiger partial charge on any atom is 0.273 e. The van der Waals surface area contributed by atoms with Gasteiger partial charge in [-0.1, -0.05) is 18.2 Å². The Morgan fingerprint density at radius 1 is 1.41 bits per heavy atom. The molecule has 1 aromatic carbocycles. The van der Waals surface area contributed by atoms with E-state index in [9.17, 15) is 10.1 Å². The highest BCUT2D eigenvalue weighted by Gasteiger charge is 2.17. The van der Waals surface area contributed by atoms with E-state index < -0.39 is 0 Å². The predicted molar refractivity (Wildman–Crippen MR) is 65.9 cm³/mol. The minimum Gasteiger partial charge on any atom is -0.377 e. The molecule has 0 aromatic heterocycles. The molecule has 5 nitrogen and oxygen atoms in total. The average molecular weight is 238 g/mol. The van der Waals surface area contributed by atoms with E-state index in [1.807, 2.05) is 13.8 Å². The van der Waals surface area contributed by atoms with Crippen LogP contribution in [-0.4, -0.2) is 24.2 Å². The van der Waals surface area contributed by atoms with Gasteiger partial charge < -0.3 is 10.1 Å². The van der Waals surface area contributed by atoms with Gasteiger partial charge in [-0.2, -0.15) is 0 Å². The number of nitro benzene ring substituents is 1. The van der Waals surface area contributed by atoms with Crippen molar-refractivity contribution in [2.24, 2.45) is 0 Å². The fourth-order valence-corrected chi connectivity index (χ4v) is 1.41. The van der Waals surface area contributed by atoms with Gasteiger partial charge in [0.25, 0.3) is 5.69 Å². The van der Waals surface area contributed by atoms with Crippen LogP contribution in [0.5, 0.6) is 0 Å². The molecule has 0 aliphatic heterocycles. The molecule has 0 saturated heterocycles. The topological polar surface area (TPSA) is 64.4 Å². The maximum atomic E-state index is 10.8. The first-order valence-corrected chi connectivity index (χ1v) is 5.44. The normalized spacial score (nSPS) is 11.5. The second kappa shape index (κ2) is 5.75. The second-order valence-electron chi connectivity index (χ2n) is 4.45. The van der Waals surface area contributed by atoms with E-state index >= 15 is 0 Å². The van der Waals surface area contributed by atoms with Crippen LogP contribution in [0.1, 0.15) is 19.4 Å². The Morgan fingerprint density at radius 3 is 2.65 bits per heavy atom. The maximum absolute atomic E-state index is 10.8. The minimum absolute atomic E-state index is 0.148. The van der Waals surface area contributed by atoms with Gasteiger partial charge in [0.05, 0.1) is 10.5 Å². The highest BCUT2D eigenvalue weighted by atomic mass is 16.6. The number of hydrogen-bond acceptors (Lipinski definition) is 4. The van der Waals surface area contributed by atoms with Gasteiger partial charge in [0.1, 0.15) is 0 Å². The van der Waals surface area contributed by atoms with Crippen molar-refractivity contribution in [2.75, 3.05) is 13.7 Å². The summed E-state index contributed by atoms with van der Waals surface area (Å²) in [5.74, 6) is 0. The van der Waals surface area contributed by atoms with E-state index in [4.69, 9.17) is 4.74 Å². The summed E-state index contributed by atoms with van der Waals surface area (Å²) in [6, 6.07) is 6.73. The molecule has 0 bridgehead atoms. The number of para-hydroxylation sites is 1. The van der Waals surface area contributed by atoms with Gasteiger partial charge >= 0.3 is 0 Å². The molecule has 1 rings (SSSR count). The molecule has 0 saturated carbocycles. The van der Waals surface area contributed by atoms with E-state index in [0.29, 0.717) is 18.7 Å². The zero-order chi connectivity index (χ0) is 12.9. The van der Waals surface area contributed by atoms with Crippen LogP contribution in [-0.2, 0) is 11.3 Å². The molecule has 0 aliphatic rings. The highest BCUT2D eigenvalue weighted by Crippen LogP contribution is 2.17. The Balaban J connectivity index is 2.61. The number of nitro groups is 1. The van der Waals surface area contributed by atoms with Crippen LogP contribution in [0.15, 0.2) is 24.3 Å². The molecule has 0 amide bonds. The Morgan fingerprint density at radius 2 is 2.06 bits per heavy atom. The first kappa shape index (κ1) is 13.6. The summed E-state index contributed by atoms with van der Waals surface area (Å²) in [6.45, 7) is 5.01. The molecule has 0 atom stereocenters. The lowest BCUT2D eigenvalue weighted by atomic mass is 10.1. The van der Waals surface area contributed by atoms with Gasteiger partial charge in [-0.3, -0.25) is 10.1 Å². The first-order valence-electron chi connectivity index (χ1n) is 5.44. The van der Waals surface area contributed by atoms with Crippen molar-refractivity contribution in [1.29, 1.82) is 0 Å². The van der Waals surface area contributed by atoms with Crippen molar-refractivity contribution in [3.63, 3.8) is 0 Å². The molecular weight excluding hydrogens is 220 g/mol. The summed E-state index contributed by atoms with van der Waals surface area (Å²) in [5, 5.41) is 13.9. The summed E-state index contributed by atoms with van der Waals surface area (Å²) in [5.41, 5.74) is 0.559. The van der Waals surface area contributed by atoms with E-state index in [-0.39, 0.29) is 16.2 Å². The lowest BCUT2D eigenvalue weighted by Gasteiger charge is -2.23. The zero-order valence-electron chi connectivity index (χ0n) is 10.4.